The number of methoxy groups -OCH3 is 1. The summed E-state index contributed by atoms with van der Waals surface area (Å²) in [7, 11) is 3.31. The maximum atomic E-state index is 12.7. The summed E-state index contributed by atoms with van der Waals surface area (Å²) >= 11 is 0. The molecule has 0 N–H and O–H groups in total. The monoisotopic (exact) mass is 403 g/mol. The molecule has 3 aromatic rings. The summed E-state index contributed by atoms with van der Waals surface area (Å²) in [5.74, 6) is 0.595. The molecule has 0 aliphatic heterocycles. The fourth-order valence-electron chi connectivity index (χ4n) is 2.90. The average Bonchev–Trinajstić information content (AvgIpc) is 3.22. The van der Waals surface area contributed by atoms with Crippen LogP contribution >= 0.6 is 0 Å². The fraction of sp³-hybridized carbons (Fsp3) is 0.238. The Bertz CT molecular complexity index is 981. The highest BCUT2D eigenvalue weighted by molar-refractivity contribution is 5.94. The van der Waals surface area contributed by atoms with Gasteiger partial charge in [0.25, 0.3) is 5.91 Å². The highest BCUT2D eigenvalue weighted by Gasteiger charge is 2.33. The van der Waals surface area contributed by atoms with E-state index in [9.17, 15) is 18.0 Å². The first-order chi connectivity index (χ1) is 13.8. The van der Waals surface area contributed by atoms with Crippen LogP contribution < -0.4 is 4.74 Å². The van der Waals surface area contributed by atoms with Gasteiger partial charge in [0.2, 0.25) is 0 Å². The molecule has 0 atom stereocenters. The summed E-state index contributed by atoms with van der Waals surface area (Å²) in [5.41, 5.74) is 0.922. The van der Waals surface area contributed by atoms with Crippen molar-refractivity contribution in [2.45, 2.75) is 12.6 Å². The zero-order valence-corrected chi connectivity index (χ0v) is 16.0. The molecule has 2 aromatic carbocycles. The molecule has 0 aliphatic rings. The van der Waals surface area contributed by atoms with Crippen molar-refractivity contribution in [1.82, 2.24) is 14.7 Å². The Hall–Kier alpha value is -3.29. The van der Waals surface area contributed by atoms with Crippen LogP contribution in [0.4, 0.5) is 13.2 Å². The molecule has 29 heavy (non-hydrogen) atoms. The van der Waals surface area contributed by atoms with Crippen LogP contribution in [0.5, 0.6) is 5.75 Å². The lowest BCUT2D eigenvalue weighted by atomic mass is 10.1. The SMILES string of the molecule is COc1ccccc1CCN(C)C(=O)c1ccc(-n2ccc(C(F)(F)F)n2)cc1. The Balaban J connectivity index is 1.66. The zero-order chi connectivity index (χ0) is 21.0. The summed E-state index contributed by atoms with van der Waals surface area (Å²) < 4.78 is 44.5. The lowest BCUT2D eigenvalue weighted by Crippen LogP contribution is -2.28. The molecule has 0 aliphatic carbocycles. The molecule has 1 amide bonds. The highest BCUT2D eigenvalue weighted by Crippen LogP contribution is 2.28. The van der Waals surface area contributed by atoms with Crippen molar-refractivity contribution >= 4 is 5.91 Å². The number of carbonyl (C=O) groups is 1. The van der Waals surface area contributed by atoms with Gasteiger partial charge in [-0.3, -0.25) is 4.79 Å². The predicted molar refractivity (Wildman–Crippen MR) is 102 cm³/mol. The van der Waals surface area contributed by atoms with E-state index in [1.807, 2.05) is 24.3 Å². The molecule has 0 spiro atoms. The molecule has 0 saturated heterocycles. The number of amides is 1. The molecule has 3 rings (SSSR count). The van der Waals surface area contributed by atoms with Crippen molar-refractivity contribution in [2.75, 3.05) is 20.7 Å². The van der Waals surface area contributed by atoms with E-state index < -0.39 is 11.9 Å². The van der Waals surface area contributed by atoms with Gasteiger partial charge in [-0.25, -0.2) is 4.68 Å². The van der Waals surface area contributed by atoms with E-state index in [0.717, 1.165) is 22.1 Å². The average molecular weight is 403 g/mol. The number of hydrogen-bond donors (Lipinski definition) is 0. The molecule has 0 bridgehead atoms. The Kier molecular flexibility index (Phi) is 5.91. The van der Waals surface area contributed by atoms with Crippen LogP contribution in [0, 0.1) is 0 Å². The first kappa shape index (κ1) is 20.4. The van der Waals surface area contributed by atoms with Crippen LogP contribution in [0.3, 0.4) is 0 Å². The molecule has 8 heteroatoms. The summed E-state index contributed by atoms with van der Waals surface area (Å²) in [6.07, 6.45) is -2.62. The van der Waals surface area contributed by atoms with Crippen molar-refractivity contribution in [3.8, 4) is 11.4 Å². The molecule has 5 nitrogen and oxygen atoms in total. The van der Waals surface area contributed by atoms with Crippen molar-refractivity contribution < 1.29 is 22.7 Å². The molecule has 0 radical (unpaired) electrons. The topological polar surface area (TPSA) is 47.4 Å². The van der Waals surface area contributed by atoms with Gasteiger partial charge in [0.1, 0.15) is 5.75 Å². The minimum atomic E-state index is -4.49. The molecule has 0 saturated carbocycles. The minimum absolute atomic E-state index is 0.178. The van der Waals surface area contributed by atoms with Gasteiger partial charge in [-0.2, -0.15) is 18.3 Å². The van der Waals surface area contributed by atoms with Crippen LogP contribution in [0.2, 0.25) is 0 Å². The van der Waals surface area contributed by atoms with Gasteiger partial charge in [-0.15, -0.1) is 0 Å². The van der Waals surface area contributed by atoms with Crippen molar-refractivity contribution in [2.24, 2.45) is 0 Å². The molecule has 1 heterocycles. The van der Waals surface area contributed by atoms with E-state index in [0.29, 0.717) is 24.2 Å². The zero-order valence-electron chi connectivity index (χ0n) is 16.0. The van der Waals surface area contributed by atoms with Gasteiger partial charge >= 0.3 is 6.18 Å². The number of aromatic nitrogens is 2. The summed E-state index contributed by atoms with van der Waals surface area (Å²) in [4.78, 5) is 14.2. The number of nitrogens with zero attached hydrogens (tertiary/aromatic N) is 3. The first-order valence-corrected chi connectivity index (χ1v) is 8.90. The van der Waals surface area contributed by atoms with Crippen LogP contribution in [0.15, 0.2) is 60.8 Å². The summed E-state index contributed by atoms with van der Waals surface area (Å²) in [6, 6.07) is 14.8. The van der Waals surface area contributed by atoms with Crippen molar-refractivity contribution in [1.29, 1.82) is 0 Å². The molecule has 152 valence electrons. The van der Waals surface area contributed by atoms with Gasteiger partial charge in [0, 0.05) is 25.4 Å². The number of ether oxygens (including phenoxy) is 1. The number of hydrogen-bond acceptors (Lipinski definition) is 3. The second kappa shape index (κ2) is 8.38. The van der Waals surface area contributed by atoms with Crippen LogP contribution in [-0.4, -0.2) is 41.3 Å². The minimum Gasteiger partial charge on any atom is -0.496 e. The Morgan fingerprint density at radius 1 is 1.10 bits per heavy atom. The van der Waals surface area contributed by atoms with E-state index >= 15 is 0 Å². The Morgan fingerprint density at radius 2 is 1.79 bits per heavy atom. The highest BCUT2D eigenvalue weighted by atomic mass is 19.4. The third-order valence-electron chi connectivity index (χ3n) is 4.51. The maximum absolute atomic E-state index is 12.7. The second-order valence-corrected chi connectivity index (χ2v) is 6.48. The van der Waals surface area contributed by atoms with Crippen LogP contribution in [0.1, 0.15) is 21.6 Å². The van der Waals surface area contributed by atoms with E-state index in [-0.39, 0.29) is 5.91 Å². The van der Waals surface area contributed by atoms with Crippen LogP contribution in [-0.2, 0) is 12.6 Å². The number of carbonyl (C=O) groups excluding carboxylic acids is 1. The number of rotatable bonds is 6. The number of para-hydroxylation sites is 1. The van der Waals surface area contributed by atoms with Gasteiger partial charge in [0.15, 0.2) is 5.69 Å². The lowest BCUT2D eigenvalue weighted by Gasteiger charge is -2.18. The van der Waals surface area contributed by atoms with Crippen molar-refractivity contribution in [3.05, 3.63) is 77.6 Å². The molecule has 1 aromatic heterocycles. The van der Waals surface area contributed by atoms with E-state index in [4.69, 9.17) is 4.74 Å². The third-order valence-corrected chi connectivity index (χ3v) is 4.51. The second-order valence-electron chi connectivity index (χ2n) is 6.48. The molecular weight excluding hydrogens is 383 g/mol. The largest absolute Gasteiger partial charge is 0.496 e. The first-order valence-electron chi connectivity index (χ1n) is 8.90. The smallest absolute Gasteiger partial charge is 0.435 e. The van der Waals surface area contributed by atoms with Gasteiger partial charge in [0.05, 0.1) is 12.8 Å². The maximum Gasteiger partial charge on any atom is 0.435 e. The van der Waals surface area contributed by atoms with Crippen molar-refractivity contribution in [3.63, 3.8) is 0 Å². The summed E-state index contributed by atoms with van der Waals surface area (Å²) in [6.45, 7) is 0.495. The van der Waals surface area contributed by atoms with E-state index in [2.05, 4.69) is 5.10 Å². The number of likely N-dealkylation sites (N-methyl/N-ethyl adjacent to an activating group) is 1. The Morgan fingerprint density at radius 3 is 2.41 bits per heavy atom. The summed E-state index contributed by atoms with van der Waals surface area (Å²) in [5, 5.41) is 3.53. The fourth-order valence-corrected chi connectivity index (χ4v) is 2.90. The van der Waals surface area contributed by atoms with E-state index in [1.165, 1.54) is 6.20 Å². The third kappa shape index (κ3) is 4.77. The number of benzene rings is 2. The Labute approximate surface area is 166 Å². The lowest BCUT2D eigenvalue weighted by molar-refractivity contribution is -0.141. The molecule has 0 unspecified atom stereocenters. The van der Waals surface area contributed by atoms with E-state index in [1.54, 1.807) is 43.3 Å². The normalized spacial score (nSPS) is 11.3. The van der Waals surface area contributed by atoms with Gasteiger partial charge in [-0.1, -0.05) is 18.2 Å². The van der Waals surface area contributed by atoms with Gasteiger partial charge < -0.3 is 9.64 Å². The number of halogens is 3. The molecular formula is C21H20F3N3O2. The molecule has 0 fully saturated rings. The number of alkyl halides is 3. The van der Waals surface area contributed by atoms with Gasteiger partial charge in [-0.05, 0) is 48.4 Å². The quantitative estimate of drug-likeness (QED) is 0.619. The predicted octanol–water partition coefficient (Wildman–Crippen LogP) is 4.21. The van der Waals surface area contributed by atoms with Crippen LogP contribution in [0.25, 0.3) is 5.69 Å². The standard InChI is InChI=1S/C21H20F3N3O2/c1-26(13-11-15-5-3-4-6-18(15)29-2)20(28)16-7-9-17(10-8-16)27-14-12-19(25-27)21(22,23)24/h3-10,12,14H,11,13H2,1-2H3.